The molecule has 0 N–H and O–H groups in total. The molecule has 0 aromatic heterocycles. The molecule has 0 saturated carbocycles. The summed E-state index contributed by atoms with van der Waals surface area (Å²) in [5.41, 5.74) is 0. The fourth-order valence-electron chi connectivity index (χ4n) is 1.86. The van der Waals surface area contributed by atoms with Crippen molar-refractivity contribution in [1.29, 1.82) is 0 Å². The van der Waals surface area contributed by atoms with Crippen LogP contribution in [0, 0.1) is 0 Å². The van der Waals surface area contributed by atoms with E-state index in [1.54, 1.807) is 0 Å². The van der Waals surface area contributed by atoms with Crippen LogP contribution in [-0.2, 0) is 0 Å². The number of rotatable bonds is 9. The quantitative estimate of drug-likeness (QED) is 0.484. The van der Waals surface area contributed by atoms with Crippen molar-refractivity contribution in [1.82, 2.24) is 0 Å². The van der Waals surface area contributed by atoms with Gasteiger partial charge >= 0.3 is 97.4 Å². The maximum absolute atomic E-state index is 6.86. The second-order valence-electron chi connectivity index (χ2n) is 4.46. The molecule has 0 aliphatic heterocycles. The molecule has 0 aromatic rings. The molecule has 0 nitrogen and oxygen atoms in total. The van der Waals surface area contributed by atoms with E-state index in [0.29, 0.717) is 0 Å². The van der Waals surface area contributed by atoms with E-state index in [-0.39, 0.29) is 0 Å². The Hall–Kier alpha value is 0.833. The van der Waals surface area contributed by atoms with Gasteiger partial charge in [0, 0.05) is 0 Å². The van der Waals surface area contributed by atoms with Crippen molar-refractivity contribution in [2.45, 2.75) is 75.1 Å². The second-order valence-corrected chi connectivity index (χ2v) is 16.6. The third-order valence-electron chi connectivity index (χ3n) is 2.94. The van der Waals surface area contributed by atoms with E-state index in [0.717, 1.165) is 0 Å². The van der Waals surface area contributed by atoms with Gasteiger partial charge in [0.15, 0.2) is 0 Å². The van der Waals surface area contributed by atoms with Crippen molar-refractivity contribution in [3.05, 3.63) is 0 Å². The molecule has 0 saturated heterocycles. The van der Waals surface area contributed by atoms with Crippen molar-refractivity contribution < 1.29 is 0 Å². The summed E-state index contributed by atoms with van der Waals surface area (Å²) < 4.78 is 0. The number of halogens is 1. The Morgan fingerprint density at radius 2 is 1.00 bits per heavy atom. The SMILES string of the molecule is CCC[CH2][Ge]([Cl])([CH2]CCC)[CH2]CCC. The summed E-state index contributed by atoms with van der Waals surface area (Å²) >= 11 is -1.85. The van der Waals surface area contributed by atoms with Gasteiger partial charge < -0.3 is 0 Å². The van der Waals surface area contributed by atoms with E-state index in [1.165, 1.54) is 54.3 Å². The van der Waals surface area contributed by atoms with Crippen LogP contribution >= 0.6 is 10.0 Å². The Balaban J connectivity index is 3.89. The van der Waals surface area contributed by atoms with E-state index in [4.69, 9.17) is 10.0 Å². The summed E-state index contributed by atoms with van der Waals surface area (Å²) in [5, 5.41) is 4.20. The second kappa shape index (κ2) is 9.09. The monoisotopic (exact) mass is 280 g/mol. The van der Waals surface area contributed by atoms with Gasteiger partial charge in [-0.2, -0.15) is 0 Å². The van der Waals surface area contributed by atoms with Crippen molar-refractivity contribution in [3.8, 4) is 0 Å². The first-order valence-electron chi connectivity index (χ1n) is 6.37. The van der Waals surface area contributed by atoms with Crippen LogP contribution in [-0.4, -0.2) is 12.3 Å². The first-order valence-corrected chi connectivity index (χ1v) is 13.6. The topological polar surface area (TPSA) is 0 Å². The molecule has 0 aromatic carbocycles. The number of unbranched alkanes of at least 4 members (excludes halogenated alkanes) is 3. The molecule has 0 unspecified atom stereocenters. The predicted molar refractivity (Wildman–Crippen MR) is 70.8 cm³/mol. The molecule has 14 heavy (non-hydrogen) atoms. The van der Waals surface area contributed by atoms with Gasteiger partial charge in [-0.05, 0) is 0 Å². The Labute approximate surface area is 97.3 Å². The molecule has 0 bridgehead atoms. The molecule has 0 heterocycles. The van der Waals surface area contributed by atoms with Crippen LogP contribution in [0.5, 0.6) is 0 Å². The van der Waals surface area contributed by atoms with Crippen molar-refractivity contribution in [3.63, 3.8) is 0 Å². The Kier molecular flexibility index (Phi) is 9.63. The van der Waals surface area contributed by atoms with Gasteiger partial charge in [0.05, 0.1) is 0 Å². The van der Waals surface area contributed by atoms with Gasteiger partial charge in [0.2, 0.25) is 0 Å². The van der Waals surface area contributed by atoms with Gasteiger partial charge in [0.1, 0.15) is 0 Å². The summed E-state index contributed by atoms with van der Waals surface area (Å²) in [6.45, 7) is 6.83. The fourth-order valence-corrected chi connectivity index (χ4v) is 11.7. The van der Waals surface area contributed by atoms with Gasteiger partial charge in [-0.25, -0.2) is 0 Å². The van der Waals surface area contributed by atoms with Crippen LogP contribution in [0.15, 0.2) is 0 Å². The molecule has 86 valence electrons. The number of hydrogen-bond donors (Lipinski definition) is 0. The molecular formula is C12H27ClGe. The van der Waals surface area contributed by atoms with Crippen molar-refractivity contribution >= 4 is 22.3 Å². The first-order chi connectivity index (χ1) is 6.68. The van der Waals surface area contributed by atoms with Gasteiger partial charge in [-0.15, -0.1) is 0 Å². The van der Waals surface area contributed by atoms with Gasteiger partial charge in [0.25, 0.3) is 0 Å². The van der Waals surface area contributed by atoms with Crippen molar-refractivity contribution in [2.75, 3.05) is 0 Å². The van der Waals surface area contributed by atoms with E-state index in [9.17, 15) is 0 Å². The molecule has 0 aliphatic carbocycles. The summed E-state index contributed by atoms with van der Waals surface area (Å²) in [7, 11) is 6.86. The van der Waals surface area contributed by atoms with E-state index < -0.39 is 12.3 Å². The zero-order valence-corrected chi connectivity index (χ0v) is 13.1. The van der Waals surface area contributed by atoms with Crippen LogP contribution in [0.25, 0.3) is 0 Å². The molecule has 0 atom stereocenters. The zero-order valence-electron chi connectivity index (χ0n) is 10.2. The molecule has 2 heteroatoms. The van der Waals surface area contributed by atoms with Crippen molar-refractivity contribution in [2.24, 2.45) is 0 Å². The summed E-state index contributed by atoms with van der Waals surface area (Å²) in [4.78, 5) is 0. The Morgan fingerprint density at radius 3 is 1.21 bits per heavy atom. The summed E-state index contributed by atoms with van der Waals surface area (Å²) in [6.07, 6.45) is 8.07. The third-order valence-corrected chi connectivity index (χ3v) is 13.7. The summed E-state index contributed by atoms with van der Waals surface area (Å²) in [6, 6.07) is 0. The van der Waals surface area contributed by atoms with Gasteiger partial charge in [-0.3, -0.25) is 0 Å². The third kappa shape index (κ3) is 7.17. The van der Waals surface area contributed by atoms with Crippen LogP contribution in [0.3, 0.4) is 0 Å². The van der Waals surface area contributed by atoms with Crippen LogP contribution in [0.2, 0.25) is 15.8 Å². The van der Waals surface area contributed by atoms with Gasteiger partial charge in [-0.1, -0.05) is 0 Å². The minimum absolute atomic E-state index is 1.32. The van der Waals surface area contributed by atoms with E-state index >= 15 is 0 Å². The standard InChI is InChI=1S/C12H27ClGe/c1-4-7-10-14(13,11-8-5-2)12-9-6-3/h4-12H2,1-3H3. The normalized spacial score (nSPS) is 12.0. The van der Waals surface area contributed by atoms with Crippen LogP contribution < -0.4 is 0 Å². The Bertz CT molecular complexity index is 104. The van der Waals surface area contributed by atoms with E-state index in [2.05, 4.69) is 20.8 Å². The molecule has 0 amide bonds. The predicted octanol–water partition coefficient (Wildman–Crippen LogP) is 5.57. The van der Waals surface area contributed by atoms with Crippen LogP contribution in [0.4, 0.5) is 0 Å². The molecule has 0 fully saturated rings. The molecule has 0 radical (unpaired) electrons. The molecular weight excluding hydrogens is 252 g/mol. The number of hydrogen-bond acceptors (Lipinski definition) is 0. The summed E-state index contributed by atoms with van der Waals surface area (Å²) in [5.74, 6) is 0. The van der Waals surface area contributed by atoms with Crippen LogP contribution in [0.1, 0.15) is 59.3 Å². The molecule has 0 spiro atoms. The average Bonchev–Trinajstić information content (AvgIpc) is 2.21. The molecule has 0 rings (SSSR count). The van der Waals surface area contributed by atoms with E-state index in [1.807, 2.05) is 0 Å². The maximum atomic E-state index is 6.86. The zero-order chi connectivity index (χ0) is 10.9. The fraction of sp³-hybridized carbons (Fsp3) is 1.00. The molecule has 0 aliphatic rings. The average molecular weight is 279 g/mol. The Morgan fingerprint density at radius 1 is 0.714 bits per heavy atom. The minimum atomic E-state index is -1.85. The first kappa shape index (κ1) is 14.8.